The van der Waals surface area contributed by atoms with Gasteiger partial charge in [0, 0.05) is 12.0 Å². The number of rotatable bonds is 2. The lowest BCUT2D eigenvalue weighted by molar-refractivity contribution is -0.166. The lowest BCUT2D eigenvalue weighted by atomic mass is 9.81. The Bertz CT molecular complexity index is 652. The molecule has 7 nitrogen and oxygen atoms in total. The molecule has 1 heterocycles. The SMILES string of the molecule is COC(=O)C1CC(O)(C(=O)OC)c2c(N)c(Cl)cc(Cl)c2N1. The van der Waals surface area contributed by atoms with Crippen LogP contribution in [0.4, 0.5) is 11.4 Å². The zero-order valence-corrected chi connectivity index (χ0v) is 13.3. The van der Waals surface area contributed by atoms with Crippen LogP contribution in [0.3, 0.4) is 0 Å². The molecule has 1 aliphatic rings. The molecule has 4 N–H and O–H groups in total. The van der Waals surface area contributed by atoms with Gasteiger partial charge in [0.25, 0.3) is 0 Å². The molecule has 22 heavy (non-hydrogen) atoms. The predicted octanol–water partition coefficient (Wildman–Crippen LogP) is 1.29. The first-order valence-corrected chi connectivity index (χ1v) is 6.95. The first-order chi connectivity index (χ1) is 10.3. The fourth-order valence-electron chi connectivity index (χ4n) is 2.47. The molecule has 0 saturated carbocycles. The van der Waals surface area contributed by atoms with Crippen LogP contribution in [0.15, 0.2) is 6.07 Å². The van der Waals surface area contributed by atoms with Crippen LogP contribution in [0.5, 0.6) is 0 Å². The topological polar surface area (TPSA) is 111 Å². The van der Waals surface area contributed by atoms with Gasteiger partial charge in [-0.25, -0.2) is 9.59 Å². The van der Waals surface area contributed by atoms with E-state index in [1.165, 1.54) is 13.2 Å². The Labute approximate surface area is 136 Å². The van der Waals surface area contributed by atoms with Crippen molar-refractivity contribution in [2.75, 3.05) is 25.3 Å². The van der Waals surface area contributed by atoms with Crippen molar-refractivity contribution in [1.82, 2.24) is 0 Å². The van der Waals surface area contributed by atoms with Gasteiger partial charge < -0.3 is 25.6 Å². The largest absolute Gasteiger partial charge is 0.467 e. The van der Waals surface area contributed by atoms with Crippen LogP contribution < -0.4 is 11.1 Å². The average molecular weight is 349 g/mol. The van der Waals surface area contributed by atoms with E-state index in [0.29, 0.717) is 0 Å². The number of methoxy groups -OCH3 is 2. The van der Waals surface area contributed by atoms with Gasteiger partial charge in [0.1, 0.15) is 6.04 Å². The molecule has 0 saturated heterocycles. The van der Waals surface area contributed by atoms with Gasteiger partial charge in [-0.2, -0.15) is 0 Å². The van der Waals surface area contributed by atoms with E-state index in [1.807, 2.05) is 0 Å². The van der Waals surface area contributed by atoms with Gasteiger partial charge in [0.05, 0.1) is 35.6 Å². The Morgan fingerprint density at radius 3 is 2.55 bits per heavy atom. The highest BCUT2D eigenvalue weighted by Crippen LogP contribution is 2.47. The number of nitrogen functional groups attached to an aromatic ring is 1. The molecule has 120 valence electrons. The molecule has 0 radical (unpaired) electrons. The van der Waals surface area contributed by atoms with Crippen molar-refractivity contribution in [1.29, 1.82) is 0 Å². The minimum absolute atomic E-state index is 0.0167. The van der Waals surface area contributed by atoms with Crippen LogP contribution >= 0.6 is 23.2 Å². The Kier molecular flexibility index (Phi) is 4.42. The molecule has 0 amide bonds. The van der Waals surface area contributed by atoms with Crippen LogP contribution in [0.2, 0.25) is 10.0 Å². The molecule has 0 aliphatic carbocycles. The van der Waals surface area contributed by atoms with E-state index in [4.69, 9.17) is 28.9 Å². The third kappa shape index (κ3) is 2.45. The number of hydrogen-bond acceptors (Lipinski definition) is 7. The maximum atomic E-state index is 12.1. The van der Waals surface area contributed by atoms with Crippen molar-refractivity contribution < 1.29 is 24.2 Å². The Balaban J connectivity index is 2.71. The number of anilines is 2. The number of esters is 2. The predicted molar refractivity (Wildman–Crippen MR) is 80.8 cm³/mol. The molecule has 1 aromatic rings. The maximum Gasteiger partial charge on any atom is 0.342 e. The van der Waals surface area contributed by atoms with E-state index < -0.39 is 23.6 Å². The molecular weight excluding hydrogens is 335 g/mol. The number of carbonyl (C=O) groups excluding carboxylic acids is 2. The lowest BCUT2D eigenvalue weighted by Gasteiger charge is -2.37. The molecule has 1 aliphatic heterocycles. The van der Waals surface area contributed by atoms with Crippen LogP contribution in [0.25, 0.3) is 0 Å². The van der Waals surface area contributed by atoms with E-state index in [1.54, 1.807) is 0 Å². The second kappa shape index (κ2) is 5.83. The van der Waals surface area contributed by atoms with Gasteiger partial charge in [-0.3, -0.25) is 0 Å². The summed E-state index contributed by atoms with van der Waals surface area (Å²) in [7, 11) is 2.30. The number of fused-ring (bicyclic) bond motifs is 1. The Morgan fingerprint density at radius 2 is 2.00 bits per heavy atom. The van der Waals surface area contributed by atoms with Crippen molar-refractivity contribution in [3.8, 4) is 0 Å². The summed E-state index contributed by atoms with van der Waals surface area (Å²) in [5, 5.41) is 13.8. The molecule has 0 spiro atoms. The van der Waals surface area contributed by atoms with Gasteiger partial charge in [0.15, 0.2) is 5.60 Å². The summed E-state index contributed by atoms with van der Waals surface area (Å²) in [5.74, 6) is -1.65. The number of benzene rings is 1. The summed E-state index contributed by atoms with van der Waals surface area (Å²) in [6.07, 6.45) is -0.333. The first-order valence-electron chi connectivity index (χ1n) is 6.19. The average Bonchev–Trinajstić information content (AvgIpc) is 2.50. The molecule has 9 heteroatoms. The Morgan fingerprint density at radius 1 is 1.36 bits per heavy atom. The molecule has 0 aromatic heterocycles. The fraction of sp³-hybridized carbons (Fsp3) is 0.385. The molecule has 0 fully saturated rings. The van der Waals surface area contributed by atoms with Crippen LogP contribution in [-0.2, 0) is 24.7 Å². The molecule has 2 atom stereocenters. The van der Waals surface area contributed by atoms with E-state index in [-0.39, 0.29) is 33.4 Å². The fourth-order valence-corrected chi connectivity index (χ4v) is 2.98. The summed E-state index contributed by atoms with van der Waals surface area (Å²) in [6, 6.07) is 0.349. The van der Waals surface area contributed by atoms with E-state index in [0.717, 1.165) is 7.11 Å². The van der Waals surface area contributed by atoms with Crippen molar-refractivity contribution in [3.63, 3.8) is 0 Å². The zero-order chi connectivity index (χ0) is 16.7. The first kappa shape index (κ1) is 16.7. The summed E-state index contributed by atoms with van der Waals surface area (Å²) in [6.45, 7) is 0. The van der Waals surface area contributed by atoms with Crippen molar-refractivity contribution in [3.05, 3.63) is 21.7 Å². The van der Waals surface area contributed by atoms with E-state index in [2.05, 4.69) is 14.8 Å². The number of carbonyl (C=O) groups is 2. The number of nitrogens with two attached hydrogens (primary N) is 1. The monoisotopic (exact) mass is 348 g/mol. The third-order valence-corrected chi connectivity index (χ3v) is 4.12. The molecule has 0 bridgehead atoms. The Hall–Kier alpha value is -1.70. The number of aliphatic hydroxyl groups is 1. The van der Waals surface area contributed by atoms with Crippen LogP contribution in [0.1, 0.15) is 12.0 Å². The molecular formula is C13H14Cl2N2O5. The van der Waals surface area contributed by atoms with E-state index >= 15 is 0 Å². The third-order valence-electron chi connectivity index (χ3n) is 3.51. The second-order valence-electron chi connectivity index (χ2n) is 4.78. The van der Waals surface area contributed by atoms with Gasteiger partial charge >= 0.3 is 11.9 Å². The molecule has 2 rings (SSSR count). The summed E-state index contributed by atoms with van der Waals surface area (Å²) in [4.78, 5) is 23.9. The highest BCUT2D eigenvalue weighted by atomic mass is 35.5. The smallest absolute Gasteiger partial charge is 0.342 e. The van der Waals surface area contributed by atoms with Crippen LogP contribution in [0, 0.1) is 0 Å². The summed E-state index contributed by atoms with van der Waals surface area (Å²) < 4.78 is 9.28. The van der Waals surface area contributed by atoms with Gasteiger partial charge in [-0.15, -0.1) is 0 Å². The minimum Gasteiger partial charge on any atom is -0.467 e. The number of halogens is 2. The zero-order valence-electron chi connectivity index (χ0n) is 11.8. The van der Waals surface area contributed by atoms with Gasteiger partial charge in [-0.05, 0) is 6.07 Å². The number of nitrogens with one attached hydrogen (secondary N) is 1. The second-order valence-corrected chi connectivity index (χ2v) is 5.59. The van der Waals surface area contributed by atoms with Crippen molar-refractivity contribution >= 4 is 46.5 Å². The molecule has 1 aromatic carbocycles. The number of hydrogen-bond donors (Lipinski definition) is 3. The van der Waals surface area contributed by atoms with Gasteiger partial charge in [-0.1, -0.05) is 23.2 Å². The number of ether oxygens (including phenoxy) is 2. The highest BCUT2D eigenvalue weighted by Gasteiger charge is 2.50. The standard InChI is InChI=1S/C13H14Cl2N2O5/c1-21-11(18)7-4-13(20,12(19)22-2)8-9(16)5(14)3-6(15)10(8)17-7/h3,7,17,20H,4,16H2,1-2H3. The van der Waals surface area contributed by atoms with Gasteiger partial charge in [0.2, 0.25) is 0 Å². The van der Waals surface area contributed by atoms with E-state index in [9.17, 15) is 14.7 Å². The molecule has 2 unspecified atom stereocenters. The van der Waals surface area contributed by atoms with Crippen molar-refractivity contribution in [2.24, 2.45) is 0 Å². The van der Waals surface area contributed by atoms with Crippen molar-refractivity contribution in [2.45, 2.75) is 18.1 Å². The summed E-state index contributed by atoms with van der Waals surface area (Å²) in [5.41, 5.74) is 3.80. The lowest BCUT2D eigenvalue weighted by Crippen LogP contribution is -2.49. The highest BCUT2D eigenvalue weighted by molar-refractivity contribution is 6.38. The quantitative estimate of drug-likeness (QED) is 0.545. The van der Waals surface area contributed by atoms with Crippen LogP contribution in [-0.4, -0.2) is 37.3 Å². The maximum absolute atomic E-state index is 12.1. The normalized spacial score (nSPS) is 23.2. The minimum atomic E-state index is -2.17. The summed E-state index contributed by atoms with van der Waals surface area (Å²) >= 11 is 12.1.